The molecule has 1 fully saturated rings. The number of aldehydes is 1. The van der Waals surface area contributed by atoms with Crippen LogP contribution in [0.25, 0.3) is 22.3 Å². The number of fused-ring (bicyclic) bond motifs is 2. The van der Waals surface area contributed by atoms with E-state index in [1.807, 2.05) is 0 Å². The fourth-order valence-corrected chi connectivity index (χ4v) is 3.69. The number of hydrogen-bond donors (Lipinski definition) is 0. The molecule has 0 radical (unpaired) electrons. The van der Waals surface area contributed by atoms with E-state index in [9.17, 15) is 14.4 Å². The van der Waals surface area contributed by atoms with E-state index < -0.39 is 0 Å². The van der Waals surface area contributed by atoms with Gasteiger partial charge in [0.05, 0.1) is 39.8 Å². The molecule has 5 rings (SSSR count). The molecular weight excluding hydrogens is 484 g/mol. The number of carbonyl (C=O) groups excluding carboxylic acids is 1. The first-order chi connectivity index (χ1) is 18.0. The smallest absolute Gasteiger partial charge is 0.252 e. The molecule has 0 N–H and O–H groups in total. The van der Waals surface area contributed by atoms with Gasteiger partial charge < -0.3 is 23.7 Å². The van der Waals surface area contributed by atoms with Crippen molar-refractivity contribution in [2.24, 2.45) is 0 Å². The van der Waals surface area contributed by atoms with Gasteiger partial charge >= 0.3 is 0 Å². The highest BCUT2D eigenvalue weighted by molar-refractivity contribution is 5.71. The molecule has 0 bridgehead atoms. The third kappa shape index (κ3) is 6.13. The number of rotatable bonds is 8. The van der Waals surface area contributed by atoms with E-state index in [1.54, 1.807) is 16.7 Å². The van der Waals surface area contributed by atoms with Crippen LogP contribution in [0.5, 0.6) is 11.8 Å². The molecule has 5 heterocycles. The monoisotopic (exact) mass is 510 g/mol. The molecule has 1 saturated heterocycles. The van der Waals surface area contributed by atoms with Gasteiger partial charge in [0.2, 0.25) is 11.8 Å². The first kappa shape index (κ1) is 25.9. The average Bonchev–Trinajstić information content (AvgIpc) is 3.45. The van der Waals surface area contributed by atoms with E-state index in [1.165, 1.54) is 43.3 Å². The predicted molar refractivity (Wildman–Crippen MR) is 132 cm³/mol. The third-order valence-electron chi connectivity index (χ3n) is 5.50. The highest BCUT2D eigenvalue weighted by atomic mass is 16.7. The van der Waals surface area contributed by atoms with Gasteiger partial charge in [-0.25, -0.2) is 9.97 Å². The van der Waals surface area contributed by atoms with Gasteiger partial charge in [-0.15, -0.1) is 0 Å². The number of carbonyl (C=O) groups is 1. The van der Waals surface area contributed by atoms with E-state index in [-0.39, 0.29) is 23.8 Å². The predicted octanol–water partition coefficient (Wildman–Crippen LogP) is 0.952. The Kier molecular flexibility index (Phi) is 8.48. The molecule has 0 amide bonds. The lowest BCUT2D eigenvalue weighted by Crippen LogP contribution is -2.23. The Labute approximate surface area is 210 Å². The second kappa shape index (κ2) is 12.1. The molecule has 0 saturated carbocycles. The van der Waals surface area contributed by atoms with Crippen LogP contribution in [0.3, 0.4) is 0 Å². The number of pyridine rings is 2. The zero-order valence-corrected chi connectivity index (χ0v) is 20.4. The Morgan fingerprint density at radius 1 is 0.865 bits per heavy atom. The number of nitrogens with zero attached hydrogens (tertiary/aromatic N) is 6. The summed E-state index contributed by atoms with van der Waals surface area (Å²) in [6, 6.07) is 6.15. The zero-order chi connectivity index (χ0) is 26.2. The number of methoxy groups -OCH3 is 2. The minimum absolute atomic E-state index is 0.127. The van der Waals surface area contributed by atoms with Gasteiger partial charge in [0.25, 0.3) is 11.1 Å². The highest BCUT2D eigenvalue weighted by Crippen LogP contribution is 2.14. The summed E-state index contributed by atoms with van der Waals surface area (Å²) in [4.78, 5) is 50.9. The van der Waals surface area contributed by atoms with Crippen molar-refractivity contribution in [3.8, 4) is 11.8 Å². The second-order valence-electron chi connectivity index (χ2n) is 7.80. The van der Waals surface area contributed by atoms with Crippen LogP contribution in [0.4, 0.5) is 0 Å². The first-order valence-electron chi connectivity index (χ1n) is 11.5. The minimum Gasteiger partial charge on any atom is -0.480 e. The van der Waals surface area contributed by atoms with Gasteiger partial charge in [-0.05, 0) is 12.1 Å². The van der Waals surface area contributed by atoms with Crippen molar-refractivity contribution in [2.75, 3.05) is 27.4 Å². The summed E-state index contributed by atoms with van der Waals surface area (Å²) in [6.07, 6.45) is 4.38. The number of aryl methyl sites for hydroxylation is 2. The Balaban J connectivity index is 0.000000176. The van der Waals surface area contributed by atoms with E-state index in [4.69, 9.17) is 18.9 Å². The van der Waals surface area contributed by atoms with Crippen LogP contribution in [0.1, 0.15) is 12.8 Å². The Morgan fingerprint density at radius 3 is 1.86 bits per heavy atom. The van der Waals surface area contributed by atoms with Crippen molar-refractivity contribution < 1.29 is 23.7 Å². The molecular formula is C24H26N6O7. The average molecular weight is 511 g/mol. The van der Waals surface area contributed by atoms with Crippen molar-refractivity contribution >= 4 is 28.6 Å². The van der Waals surface area contributed by atoms with Gasteiger partial charge in [-0.3, -0.25) is 18.7 Å². The molecule has 0 atom stereocenters. The summed E-state index contributed by atoms with van der Waals surface area (Å²) in [5, 5.41) is 0. The largest absolute Gasteiger partial charge is 0.480 e. The zero-order valence-electron chi connectivity index (χ0n) is 20.4. The molecule has 0 aromatic carbocycles. The van der Waals surface area contributed by atoms with E-state index in [0.29, 0.717) is 66.8 Å². The van der Waals surface area contributed by atoms with Gasteiger partial charge in [-0.1, -0.05) is 0 Å². The lowest BCUT2D eigenvalue weighted by Gasteiger charge is -2.12. The van der Waals surface area contributed by atoms with Crippen molar-refractivity contribution in [3.63, 3.8) is 0 Å². The lowest BCUT2D eigenvalue weighted by molar-refractivity contribution is -0.108. The Hall–Kier alpha value is -4.23. The highest BCUT2D eigenvalue weighted by Gasteiger charge is 2.17. The van der Waals surface area contributed by atoms with Crippen molar-refractivity contribution in [3.05, 3.63) is 57.4 Å². The van der Waals surface area contributed by atoms with Crippen LogP contribution in [0, 0.1) is 0 Å². The van der Waals surface area contributed by atoms with Crippen LogP contribution >= 0.6 is 0 Å². The number of ether oxygens (including phenoxy) is 4. The molecule has 4 aromatic rings. The van der Waals surface area contributed by atoms with Crippen LogP contribution < -0.4 is 20.6 Å². The molecule has 194 valence electrons. The van der Waals surface area contributed by atoms with Crippen LogP contribution in [-0.2, 0) is 27.4 Å². The molecule has 0 spiro atoms. The van der Waals surface area contributed by atoms with Crippen LogP contribution in [0.15, 0.2) is 46.2 Å². The number of aromatic nitrogens is 6. The molecule has 13 heteroatoms. The summed E-state index contributed by atoms with van der Waals surface area (Å²) >= 11 is 0. The number of hydrogen-bond acceptors (Lipinski definition) is 11. The normalized spacial score (nSPS) is 13.4. The maximum Gasteiger partial charge on any atom is 0.252 e. The lowest BCUT2D eigenvalue weighted by atomic mass is 10.3. The summed E-state index contributed by atoms with van der Waals surface area (Å²) in [5.74, 6) is 0.716. The SMILES string of the molecule is COc1cnc2ccc(=O)n(CCC3OCCO3)c2n1.COc1cnc2ccc(=O)n(CCC=O)c2n1. The summed E-state index contributed by atoms with van der Waals surface area (Å²) in [7, 11) is 2.99. The van der Waals surface area contributed by atoms with Crippen LogP contribution in [0.2, 0.25) is 0 Å². The van der Waals surface area contributed by atoms with Gasteiger partial charge in [0.1, 0.15) is 17.3 Å². The molecule has 37 heavy (non-hydrogen) atoms. The minimum atomic E-state index is -0.254. The van der Waals surface area contributed by atoms with E-state index >= 15 is 0 Å². The third-order valence-corrected chi connectivity index (χ3v) is 5.50. The van der Waals surface area contributed by atoms with Crippen molar-refractivity contribution in [1.82, 2.24) is 29.1 Å². The summed E-state index contributed by atoms with van der Waals surface area (Å²) < 4.78 is 23.7. The fraction of sp³-hybridized carbons (Fsp3) is 0.375. The first-order valence-corrected chi connectivity index (χ1v) is 11.5. The summed E-state index contributed by atoms with van der Waals surface area (Å²) in [6.45, 7) is 1.95. The Morgan fingerprint density at radius 2 is 1.38 bits per heavy atom. The maximum absolute atomic E-state index is 12.0. The fourth-order valence-electron chi connectivity index (χ4n) is 3.69. The van der Waals surface area contributed by atoms with Gasteiger partial charge in [0.15, 0.2) is 17.6 Å². The quantitative estimate of drug-likeness (QED) is 0.312. The molecule has 13 nitrogen and oxygen atoms in total. The van der Waals surface area contributed by atoms with Crippen LogP contribution in [-0.4, -0.2) is 69.1 Å². The van der Waals surface area contributed by atoms with Crippen molar-refractivity contribution in [2.45, 2.75) is 32.2 Å². The van der Waals surface area contributed by atoms with Gasteiger partial charge in [-0.2, -0.15) is 9.97 Å². The second-order valence-corrected chi connectivity index (χ2v) is 7.80. The van der Waals surface area contributed by atoms with E-state index in [2.05, 4.69) is 19.9 Å². The topological polar surface area (TPSA) is 150 Å². The molecule has 0 unspecified atom stereocenters. The molecule has 1 aliphatic heterocycles. The maximum atomic E-state index is 12.0. The standard InChI is InChI=1S/C13H15N3O4.C11H11N3O3/c1-18-10-8-14-9-2-3-11(17)16(13(9)15-10)5-4-12-19-6-7-20-12;1-17-9-7-12-8-3-4-10(16)14(5-2-6-15)11(8)13-9/h2-3,8,12H,4-7H2,1H3;3-4,6-7H,2,5H2,1H3. The molecule has 0 aliphatic carbocycles. The Bertz CT molecular complexity index is 1500. The molecule has 4 aromatic heterocycles. The summed E-state index contributed by atoms with van der Waals surface area (Å²) in [5.41, 5.74) is 1.85. The van der Waals surface area contributed by atoms with Crippen molar-refractivity contribution in [1.29, 1.82) is 0 Å². The molecule has 1 aliphatic rings. The van der Waals surface area contributed by atoms with Gasteiger partial charge in [0, 0.05) is 38.1 Å². The van der Waals surface area contributed by atoms with E-state index in [0.717, 1.165) is 6.29 Å².